The zero-order chi connectivity index (χ0) is 17.3. The van der Waals surface area contributed by atoms with Gasteiger partial charge in [-0.15, -0.1) is 0 Å². The fraction of sp³-hybridized carbons (Fsp3) is 0.278. The highest BCUT2D eigenvalue weighted by Crippen LogP contribution is 2.42. The molecule has 0 saturated heterocycles. The van der Waals surface area contributed by atoms with E-state index in [1.807, 2.05) is 0 Å². The zero-order valence-corrected chi connectivity index (χ0v) is 13.6. The number of methoxy groups -OCH3 is 3. The Balaban J connectivity index is 2.04. The van der Waals surface area contributed by atoms with Crippen molar-refractivity contribution < 1.29 is 28.8 Å². The minimum Gasteiger partial charge on any atom is -0.497 e. The van der Waals surface area contributed by atoms with Crippen molar-refractivity contribution in [1.82, 2.24) is 0 Å². The molecule has 6 heteroatoms. The third kappa shape index (κ3) is 2.65. The number of ketones is 1. The maximum atomic E-state index is 12.6. The van der Waals surface area contributed by atoms with Crippen LogP contribution in [0.1, 0.15) is 22.0 Å². The summed E-state index contributed by atoms with van der Waals surface area (Å²) in [5.41, 5.74) is 0.889. The third-order valence-corrected chi connectivity index (χ3v) is 4.00. The molecule has 0 saturated carbocycles. The second-order valence-electron chi connectivity index (χ2n) is 5.32. The molecule has 0 fully saturated rings. The molecule has 0 aliphatic carbocycles. The summed E-state index contributed by atoms with van der Waals surface area (Å²) in [5.74, 6) is 1.36. The molecule has 1 heterocycles. The second kappa shape index (κ2) is 6.41. The first-order valence-corrected chi connectivity index (χ1v) is 7.38. The fourth-order valence-electron chi connectivity index (χ4n) is 2.71. The molecule has 6 nitrogen and oxygen atoms in total. The Hall–Kier alpha value is -2.73. The van der Waals surface area contributed by atoms with E-state index in [-0.39, 0.29) is 5.56 Å². The van der Waals surface area contributed by atoms with Crippen LogP contribution in [0.3, 0.4) is 0 Å². The molecule has 2 aromatic carbocycles. The van der Waals surface area contributed by atoms with E-state index in [1.54, 1.807) is 43.5 Å². The molecule has 3 rings (SSSR count). The van der Waals surface area contributed by atoms with Crippen LogP contribution in [-0.4, -0.2) is 38.3 Å². The van der Waals surface area contributed by atoms with Crippen LogP contribution < -0.4 is 18.9 Å². The van der Waals surface area contributed by atoms with Crippen LogP contribution in [0.5, 0.6) is 23.0 Å². The van der Waals surface area contributed by atoms with Crippen LogP contribution in [0.2, 0.25) is 0 Å². The Morgan fingerprint density at radius 3 is 2.21 bits per heavy atom. The van der Waals surface area contributed by atoms with Crippen LogP contribution in [0, 0.1) is 0 Å². The van der Waals surface area contributed by atoms with Crippen LogP contribution >= 0.6 is 0 Å². The summed E-state index contributed by atoms with van der Waals surface area (Å²) in [6.45, 7) is 0. The molecule has 2 aromatic rings. The lowest BCUT2D eigenvalue weighted by Gasteiger charge is -2.30. The summed E-state index contributed by atoms with van der Waals surface area (Å²) in [4.78, 5) is 12.6. The highest BCUT2D eigenvalue weighted by Gasteiger charge is 2.39. The van der Waals surface area contributed by atoms with Gasteiger partial charge in [0.2, 0.25) is 5.78 Å². The number of hydrogen-bond donors (Lipinski definition) is 1. The second-order valence-corrected chi connectivity index (χ2v) is 5.32. The van der Waals surface area contributed by atoms with Crippen molar-refractivity contribution in [2.75, 3.05) is 21.3 Å². The average molecular weight is 330 g/mol. The highest BCUT2D eigenvalue weighted by molar-refractivity contribution is 6.05. The lowest BCUT2D eigenvalue weighted by Crippen LogP contribution is -2.36. The zero-order valence-electron chi connectivity index (χ0n) is 13.6. The quantitative estimate of drug-likeness (QED) is 0.928. The Morgan fingerprint density at radius 2 is 1.62 bits per heavy atom. The van der Waals surface area contributed by atoms with Gasteiger partial charge in [0.1, 0.15) is 28.6 Å². The van der Waals surface area contributed by atoms with Crippen LogP contribution in [0.25, 0.3) is 0 Å². The van der Waals surface area contributed by atoms with Gasteiger partial charge in [0.25, 0.3) is 0 Å². The van der Waals surface area contributed by atoms with Crippen molar-refractivity contribution in [3.05, 3.63) is 47.5 Å². The van der Waals surface area contributed by atoms with E-state index >= 15 is 0 Å². The van der Waals surface area contributed by atoms with E-state index in [9.17, 15) is 9.90 Å². The van der Waals surface area contributed by atoms with Gasteiger partial charge in [0, 0.05) is 12.1 Å². The summed E-state index contributed by atoms with van der Waals surface area (Å²) in [6, 6.07) is 10.2. The predicted molar refractivity (Wildman–Crippen MR) is 86.2 cm³/mol. The monoisotopic (exact) mass is 330 g/mol. The number of carbonyl (C=O) groups excluding carboxylic acids is 1. The van der Waals surface area contributed by atoms with Crippen molar-refractivity contribution in [3.63, 3.8) is 0 Å². The van der Waals surface area contributed by atoms with Crippen molar-refractivity contribution in [1.29, 1.82) is 0 Å². The van der Waals surface area contributed by atoms with Crippen molar-refractivity contribution in [3.8, 4) is 23.0 Å². The molecule has 24 heavy (non-hydrogen) atoms. The summed E-state index contributed by atoms with van der Waals surface area (Å²) >= 11 is 0. The number of carbonyl (C=O) groups is 1. The maximum Gasteiger partial charge on any atom is 0.202 e. The van der Waals surface area contributed by atoms with Gasteiger partial charge in [-0.25, -0.2) is 0 Å². The van der Waals surface area contributed by atoms with Crippen LogP contribution in [0.4, 0.5) is 0 Å². The van der Waals surface area contributed by atoms with Crippen LogP contribution in [0.15, 0.2) is 36.4 Å². The van der Waals surface area contributed by atoms with Gasteiger partial charge in [-0.1, -0.05) is 12.1 Å². The van der Waals surface area contributed by atoms with E-state index in [2.05, 4.69) is 0 Å². The average Bonchev–Trinajstić information content (AvgIpc) is 2.63. The van der Waals surface area contributed by atoms with Gasteiger partial charge in [0.05, 0.1) is 21.3 Å². The minimum absolute atomic E-state index is 0.218. The third-order valence-electron chi connectivity index (χ3n) is 4.00. The SMILES string of the molecule is COc1ccc([C@@H]2Oc3cc(OC)cc(OC)c3C(=O)[C@@H]2O)cc1. The molecule has 0 bridgehead atoms. The standard InChI is InChI=1S/C18H18O6/c1-21-11-6-4-10(5-7-11)18-17(20)16(19)15-13(23-3)8-12(22-2)9-14(15)24-18/h4-9,17-18,20H,1-3H3/t17-,18-/m0/s1. The molecule has 2 atom stereocenters. The molecule has 1 N–H and O–H groups in total. The number of hydrogen-bond acceptors (Lipinski definition) is 6. The van der Waals surface area contributed by atoms with E-state index in [4.69, 9.17) is 18.9 Å². The molecule has 126 valence electrons. The number of Topliss-reactive ketones (excluding diaryl/α,β-unsaturated/α-hetero) is 1. The van der Waals surface area contributed by atoms with E-state index < -0.39 is 18.0 Å². The molecular formula is C18H18O6. The molecule has 0 spiro atoms. The molecule has 1 aliphatic rings. The molecular weight excluding hydrogens is 312 g/mol. The van der Waals surface area contributed by atoms with Gasteiger partial charge in [-0.05, 0) is 17.7 Å². The lowest BCUT2D eigenvalue weighted by atomic mass is 9.93. The molecule has 0 radical (unpaired) electrons. The van der Waals surface area contributed by atoms with E-state index in [0.29, 0.717) is 28.6 Å². The minimum atomic E-state index is -1.33. The Morgan fingerprint density at radius 1 is 0.958 bits per heavy atom. The van der Waals surface area contributed by atoms with Gasteiger partial charge in [0.15, 0.2) is 12.2 Å². The summed E-state index contributed by atoms with van der Waals surface area (Å²) in [5, 5.41) is 10.4. The largest absolute Gasteiger partial charge is 0.497 e. The molecule has 1 aliphatic heterocycles. The van der Waals surface area contributed by atoms with Gasteiger partial charge < -0.3 is 24.1 Å². The smallest absolute Gasteiger partial charge is 0.202 e. The first-order valence-electron chi connectivity index (χ1n) is 7.38. The number of fused-ring (bicyclic) bond motifs is 1. The van der Waals surface area contributed by atoms with Gasteiger partial charge in [-0.3, -0.25) is 4.79 Å². The Bertz CT molecular complexity index is 753. The van der Waals surface area contributed by atoms with Gasteiger partial charge in [-0.2, -0.15) is 0 Å². The predicted octanol–water partition coefficient (Wildman–Crippen LogP) is 2.39. The summed E-state index contributed by atoms with van der Waals surface area (Å²) in [7, 11) is 4.53. The highest BCUT2D eigenvalue weighted by atomic mass is 16.5. The summed E-state index contributed by atoms with van der Waals surface area (Å²) in [6.07, 6.45) is -2.14. The van der Waals surface area contributed by atoms with Crippen molar-refractivity contribution in [2.24, 2.45) is 0 Å². The normalized spacial score (nSPS) is 19.2. The topological polar surface area (TPSA) is 74.2 Å². The molecule has 0 unspecified atom stereocenters. The van der Waals surface area contributed by atoms with E-state index in [0.717, 1.165) is 0 Å². The van der Waals surface area contributed by atoms with Crippen LogP contribution in [-0.2, 0) is 0 Å². The maximum absolute atomic E-state index is 12.6. The number of rotatable bonds is 4. The number of aliphatic hydroxyl groups excluding tert-OH is 1. The van der Waals surface area contributed by atoms with E-state index in [1.165, 1.54) is 14.2 Å². The van der Waals surface area contributed by atoms with Gasteiger partial charge >= 0.3 is 0 Å². The summed E-state index contributed by atoms with van der Waals surface area (Å²) < 4.78 is 21.4. The van der Waals surface area contributed by atoms with Crippen molar-refractivity contribution >= 4 is 5.78 Å². The number of ether oxygens (including phenoxy) is 4. The molecule has 0 aromatic heterocycles. The van der Waals surface area contributed by atoms with Crippen molar-refractivity contribution in [2.45, 2.75) is 12.2 Å². The lowest BCUT2D eigenvalue weighted by molar-refractivity contribution is 0.0210. The first-order chi connectivity index (χ1) is 11.6. The number of benzene rings is 2. The fourth-order valence-corrected chi connectivity index (χ4v) is 2.71. The Kier molecular flexibility index (Phi) is 4.31. The number of aliphatic hydroxyl groups is 1. The first kappa shape index (κ1) is 16.1. The Labute approximate surface area is 139 Å². The molecule has 0 amide bonds.